The van der Waals surface area contributed by atoms with Gasteiger partial charge in [0.25, 0.3) is 5.91 Å². The van der Waals surface area contributed by atoms with E-state index < -0.39 is 86.3 Å². The number of benzene rings is 1. The Kier molecular flexibility index (Phi) is 9.52. The molecular weight excluding hydrogens is 468 g/mol. The van der Waals surface area contributed by atoms with Crippen LogP contribution < -0.4 is 10.6 Å². The highest BCUT2D eigenvalue weighted by atomic mass is 16.7. The second-order valence-electron chi connectivity index (χ2n) is 8.35. The van der Waals surface area contributed by atoms with Crippen LogP contribution in [0.4, 0.5) is 0 Å². The summed E-state index contributed by atoms with van der Waals surface area (Å²) in [4.78, 5) is 24.3. The highest BCUT2D eigenvalue weighted by Crippen LogP contribution is 2.29. The van der Waals surface area contributed by atoms with Crippen molar-refractivity contribution in [2.75, 3.05) is 20.3 Å². The van der Waals surface area contributed by atoms with Crippen molar-refractivity contribution in [1.82, 2.24) is 10.6 Å². The Morgan fingerprint density at radius 3 is 2.09 bits per heavy atom. The molecule has 1 aromatic rings. The summed E-state index contributed by atoms with van der Waals surface area (Å²) in [5, 5.41) is 56.9. The van der Waals surface area contributed by atoms with Gasteiger partial charge in [0.05, 0.1) is 19.3 Å². The van der Waals surface area contributed by atoms with Gasteiger partial charge in [-0.1, -0.05) is 18.2 Å². The Labute approximate surface area is 201 Å². The van der Waals surface area contributed by atoms with E-state index in [-0.39, 0.29) is 5.56 Å². The summed E-state index contributed by atoms with van der Waals surface area (Å²) in [6.07, 6.45) is -11.0. The molecule has 13 heteroatoms. The van der Waals surface area contributed by atoms with Crippen molar-refractivity contribution in [2.24, 2.45) is 0 Å². The molecule has 2 heterocycles. The number of aliphatic hydroxyl groups is 5. The van der Waals surface area contributed by atoms with E-state index in [1.807, 2.05) is 0 Å². The number of nitrogens with one attached hydrogen (secondary N) is 2. The lowest BCUT2D eigenvalue weighted by Gasteiger charge is -2.47. The molecule has 2 aliphatic rings. The molecule has 0 aliphatic carbocycles. The number of hydrogen-bond donors (Lipinski definition) is 7. The molecule has 0 unspecified atom stereocenters. The third-order valence-electron chi connectivity index (χ3n) is 5.96. The molecular formula is C22H32N2O11. The second kappa shape index (κ2) is 12.2. The van der Waals surface area contributed by atoms with Crippen molar-refractivity contribution in [3.05, 3.63) is 35.9 Å². The topological polar surface area (TPSA) is 196 Å². The molecule has 0 radical (unpaired) electrons. The van der Waals surface area contributed by atoms with Gasteiger partial charge in [0.2, 0.25) is 5.91 Å². The molecule has 13 nitrogen and oxygen atoms in total. The normalized spacial score (nSPS) is 37.5. The molecule has 7 N–H and O–H groups in total. The molecule has 3 rings (SSSR count). The molecule has 2 amide bonds. The zero-order valence-electron chi connectivity index (χ0n) is 19.3. The van der Waals surface area contributed by atoms with Gasteiger partial charge in [-0.15, -0.1) is 0 Å². The SMILES string of the molecule is CO[C@H]1O[C@H](CO)[C@@H](O[C@@H]2O[C@H](CO)[C@H](O)[C@@H](NC(=O)c3ccccc3)[C@H]2O)[C@H](O)[C@@H]1NC(C)=O. The van der Waals surface area contributed by atoms with Gasteiger partial charge in [-0.05, 0) is 12.1 Å². The lowest BCUT2D eigenvalue weighted by atomic mass is 9.94. The number of carbonyl (C=O) groups excluding carboxylic acids is 2. The first-order valence-electron chi connectivity index (χ1n) is 11.1. The van der Waals surface area contributed by atoms with E-state index in [1.54, 1.807) is 30.3 Å². The van der Waals surface area contributed by atoms with Gasteiger partial charge in [0, 0.05) is 19.6 Å². The van der Waals surface area contributed by atoms with Crippen molar-refractivity contribution in [1.29, 1.82) is 0 Å². The maximum absolute atomic E-state index is 12.6. The first-order chi connectivity index (χ1) is 16.7. The smallest absolute Gasteiger partial charge is 0.251 e. The maximum atomic E-state index is 12.6. The third-order valence-corrected chi connectivity index (χ3v) is 5.96. The molecule has 35 heavy (non-hydrogen) atoms. The Hall–Kier alpha value is -2.20. The first-order valence-corrected chi connectivity index (χ1v) is 11.1. The van der Waals surface area contributed by atoms with Crippen molar-refractivity contribution in [3.8, 4) is 0 Å². The van der Waals surface area contributed by atoms with Crippen LogP contribution in [0.3, 0.4) is 0 Å². The number of aliphatic hydroxyl groups excluding tert-OH is 5. The number of methoxy groups -OCH3 is 1. The van der Waals surface area contributed by atoms with Crippen molar-refractivity contribution >= 4 is 11.8 Å². The minimum absolute atomic E-state index is 0.275. The fraction of sp³-hybridized carbons (Fsp3) is 0.636. The van der Waals surface area contributed by atoms with Crippen molar-refractivity contribution in [3.63, 3.8) is 0 Å². The molecule has 2 saturated heterocycles. The summed E-state index contributed by atoms with van der Waals surface area (Å²) in [5.74, 6) is -1.07. The molecule has 0 aromatic heterocycles. The van der Waals surface area contributed by atoms with Gasteiger partial charge in [0.15, 0.2) is 12.6 Å². The van der Waals surface area contributed by atoms with E-state index in [0.717, 1.165) is 0 Å². The summed E-state index contributed by atoms with van der Waals surface area (Å²) in [6.45, 7) is -0.0506. The third kappa shape index (κ3) is 6.14. The highest BCUT2D eigenvalue weighted by molar-refractivity contribution is 5.94. The van der Waals surface area contributed by atoms with Crippen LogP contribution in [0.15, 0.2) is 30.3 Å². The van der Waals surface area contributed by atoms with Gasteiger partial charge < -0.3 is 55.1 Å². The largest absolute Gasteiger partial charge is 0.394 e. The van der Waals surface area contributed by atoms with E-state index in [2.05, 4.69) is 10.6 Å². The van der Waals surface area contributed by atoms with Crippen LogP contribution in [0.2, 0.25) is 0 Å². The average molecular weight is 501 g/mol. The van der Waals surface area contributed by atoms with Crippen LogP contribution in [-0.4, -0.2) is 119 Å². The summed E-state index contributed by atoms with van der Waals surface area (Å²) in [7, 11) is 1.29. The number of amides is 2. The summed E-state index contributed by atoms with van der Waals surface area (Å²) in [5.41, 5.74) is 0.275. The minimum Gasteiger partial charge on any atom is -0.394 e. The van der Waals surface area contributed by atoms with Gasteiger partial charge in [-0.25, -0.2) is 0 Å². The molecule has 10 atom stereocenters. The second-order valence-corrected chi connectivity index (χ2v) is 8.35. The first kappa shape index (κ1) is 27.4. The van der Waals surface area contributed by atoms with Gasteiger partial charge >= 0.3 is 0 Å². The molecule has 2 aliphatic heterocycles. The van der Waals surface area contributed by atoms with Gasteiger partial charge in [-0.2, -0.15) is 0 Å². The monoisotopic (exact) mass is 500 g/mol. The van der Waals surface area contributed by atoms with E-state index >= 15 is 0 Å². The molecule has 0 saturated carbocycles. The lowest BCUT2D eigenvalue weighted by Crippen LogP contribution is -2.69. The van der Waals surface area contributed by atoms with Gasteiger partial charge in [-0.3, -0.25) is 9.59 Å². The van der Waals surface area contributed by atoms with E-state index in [9.17, 15) is 35.1 Å². The van der Waals surface area contributed by atoms with Crippen LogP contribution in [-0.2, 0) is 23.7 Å². The standard InChI is InChI=1S/C22H32N2O11/c1-10(27)23-15-17(29)19(13(9-26)34-21(15)32-2)35-22-18(30)14(16(28)12(8-25)33-22)24-20(31)11-6-4-3-5-7-11/h3-7,12-19,21-22,25-26,28-30H,8-9H2,1-2H3,(H,23,27)(H,24,31)/t12-,13-,14-,15+,16+,17-,18-,19-,21+,22+/m1/s1. The lowest BCUT2D eigenvalue weighted by molar-refractivity contribution is -0.336. The summed E-state index contributed by atoms with van der Waals surface area (Å²) < 4.78 is 22.0. The van der Waals surface area contributed by atoms with E-state index in [4.69, 9.17) is 18.9 Å². The fourth-order valence-corrected chi connectivity index (χ4v) is 4.17. The summed E-state index contributed by atoms with van der Waals surface area (Å²) in [6, 6.07) is 5.70. The Morgan fingerprint density at radius 2 is 1.51 bits per heavy atom. The maximum Gasteiger partial charge on any atom is 0.251 e. The molecule has 2 fully saturated rings. The predicted octanol–water partition coefficient (Wildman–Crippen LogP) is -3.16. The highest BCUT2D eigenvalue weighted by Gasteiger charge is 2.51. The quantitative estimate of drug-likeness (QED) is 0.190. The van der Waals surface area contributed by atoms with Crippen LogP contribution in [0, 0.1) is 0 Å². The molecule has 1 aromatic carbocycles. The van der Waals surface area contributed by atoms with Crippen LogP contribution >= 0.6 is 0 Å². The van der Waals surface area contributed by atoms with Crippen LogP contribution in [0.25, 0.3) is 0 Å². The Balaban J connectivity index is 1.81. The zero-order chi connectivity index (χ0) is 25.7. The van der Waals surface area contributed by atoms with E-state index in [0.29, 0.717) is 0 Å². The Bertz CT molecular complexity index is 844. The number of carbonyl (C=O) groups is 2. The number of hydrogen-bond acceptors (Lipinski definition) is 11. The fourth-order valence-electron chi connectivity index (χ4n) is 4.17. The average Bonchev–Trinajstić information content (AvgIpc) is 2.85. The van der Waals surface area contributed by atoms with Crippen molar-refractivity contribution < 1.29 is 54.1 Å². The summed E-state index contributed by atoms with van der Waals surface area (Å²) >= 11 is 0. The van der Waals surface area contributed by atoms with Gasteiger partial charge in [0.1, 0.15) is 42.7 Å². The Morgan fingerprint density at radius 1 is 0.886 bits per heavy atom. The minimum atomic E-state index is -1.65. The molecule has 196 valence electrons. The number of rotatable bonds is 8. The van der Waals surface area contributed by atoms with Crippen molar-refractivity contribution in [2.45, 2.75) is 68.2 Å². The molecule has 0 spiro atoms. The van der Waals surface area contributed by atoms with Crippen LogP contribution in [0.1, 0.15) is 17.3 Å². The number of ether oxygens (including phenoxy) is 4. The van der Waals surface area contributed by atoms with E-state index in [1.165, 1.54) is 14.0 Å². The van der Waals surface area contributed by atoms with Crippen LogP contribution in [0.5, 0.6) is 0 Å². The zero-order valence-corrected chi connectivity index (χ0v) is 19.3. The predicted molar refractivity (Wildman–Crippen MR) is 117 cm³/mol. The molecule has 0 bridgehead atoms.